The summed E-state index contributed by atoms with van der Waals surface area (Å²) in [7, 11) is 0. The van der Waals surface area contributed by atoms with Crippen molar-refractivity contribution in [2.75, 3.05) is 36.9 Å². The van der Waals surface area contributed by atoms with Gasteiger partial charge in [-0.1, -0.05) is 30.3 Å². The van der Waals surface area contributed by atoms with E-state index < -0.39 is 17.2 Å². The lowest BCUT2D eigenvalue weighted by Gasteiger charge is -2.29. The van der Waals surface area contributed by atoms with Crippen molar-refractivity contribution < 1.29 is 19.4 Å². The summed E-state index contributed by atoms with van der Waals surface area (Å²) in [5, 5.41) is 9.54. The number of aromatic carboxylic acids is 1. The SMILES string of the molecule is Nc1cc(N2CCOCC2)cn2c(=O)c(OCc3ccccc3)c(C(=O)O)nc12. The topological polar surface area (TPSA) is 119 Å². The number of nitrogens with zero attached hydrogens (tertiary/aromatic N) is 3. The Morgan fingerprint density at radius 2 is 1.97 bits per heavy atom. The molecule has 150 valence electrons. The fraction of sp³-hybridized carbons (Fsp3) is 0.250. The van der Waals surface area contributed by atoms with Crippen molar-refractivity contribution >= 4 is 23.0 Å². The number of hydrogen-bond acceptors (Lipinski definition) is 7. The molecule has 0 radical (unpaired) electrons. The molecule has 0 amide bonds. The van der Waals surface area contributed by atoms with Crippen LogP contribution in [0.4, 0.5) is 11.4 Å². The predicted molar refractivity (Wildman–Crippen MR) is 107 cm³/mol. The maximum Gasteiger partial charge on any atom is 0.358 e. The third-order valence-electron chi connectivity index (χ3n) is 4.70. The number of morpholine rings is 1. The van der Waals surface area contributed by atoms with Crippen molar-refractivity contribution in [1.82, 2.24) is 9.38 Å². The van der Waals surface area contributed by atoms with Crippen LogP contribution in [-0.2, 0) is 11.3 Å². The monoisotopic (exact) mass is 396 g/mol. The maximum atomic E-state index is 13.1. The van der Waals surface area contributed by atoms with E-state index >= 15 is 0 Å². The molecule has 9 nitrogen and oxygen atoms in total. The second-order valence-corrected chi connectivity index (χ2v) is 6.62. The second kappa shape index (κ2) is 7.80. The summed E-state index contributed by atoms with van der Waals surface area (Å²) in [5.41, 5.74) is 6.85. The molecule has 0 aliphatic carbocycles. The Hall–Kier alpha value is -3.59. The highest BCUT2D eigenvalue weighted by molar-refractivity contribution is 5.90. The number of carbonyl (C=O) groups is 1. The van der Waals surface area contributed by atoms with E-state index in [1.54, 1.807) is 12.3 Å². The fourth-order valence-electron chi connectivity index (χ4n) is 3.23. The molecular formula is C20H20N4O5. The quantitative estimate of drug-likeness (QED) is 0.664. The molecule has 2 aromatic heterocycles. The van der Waals surface area contributed by atoms with E-state index in [2.05, 4.69) is 4.98 Å². The number of hydrogen-bond donors (Lipinski definition) is 2. The summed E-state index contributed by atoms with van der Waals surface area (Å²) >= 11 is 0. The molecule has 3 N–H and O–H groups in total. The predicted octanol–water partition coefficient (Wildman–Crippen LogP) is 1.39. The first kappa shape index (κ1) is 18.8. The minimum Gasteiger partial charge on any atom is -0.481 e. The molecule has 0 bridgehead atoms. The number of benzene rings is 1. The molecule has 9 heteroatoms. The average molecular weight is 396 g/mol. The van der Waals surface area contributed by atoms with Crippen LogP contribution in [0, 0.1) is 0 Å². The Labute approximate surface area is 165 Å². The lowest BCUT2D eigenvalue weighted by molar-refractivity contribution is 0.0684. The zero-order chi connectivity index (χ0) is 20.4. The molecule has 29 heavy (non-hydrogen) atoms. The van der Waals surface area contributed by atoms with Crippen LogP contribution in [0.2, 0.25) is 0 Å². The Kier molecular flexibility index (Phi) is 5.05. The highest BCUT2D eigenvalue weighted by Gasteiger charge is 2.22. The standard InChI is InChI=1S/C20H20N4O5/c21-15-10-14(23-6-8-28-9-7-23)11-24-18(15)22-16(20(26)27)17(19(24)25)29-12-13-4-2-1-3-5-13/h1-5,10-11H,6-9,12,21H2,(H,26,27). The number of anilines is 2. The van der Waals surface area contributed by atoms with Gasteiger partial charge in [-0.2, -0.15) is 0 Å². The van der Waals surface area contributed by atoms with Crippen LogP contribution in [0.5, 0.6) is 5.75 Å². The molecule has 1 fully saturated rings. The van der Waals surface area contributed by atoms with Gasteiger partial charge in [0.05, 0.1) is 24.6 Å². The minimum absolute atomic E-state index is 0.0444. The Bertz CT molecular complexity index is 1110. The Morgan fingerprint density at radius 3 is 2.66 bits per heavy atom. The first-order valence-corrected chi connectivity index (χ1v) is 9.13. The van der Waals surface area contributed by atoms with Gasteiger partial charge >= 0.3 is 11.5 Å². The largest absolute Gasteiger partial charge is 0.481 e. The van der Waals surface area contributed by atoms with Gasteiger partial charge in [-0.3, -0.25) is 9.20 Å². The number of carboxylic acids is 1. The number of nitrogen functional groups attached to an aromatic ring is 1. The van der Waals surface area contributed by atoms with Gasteiger partial charge in [-0.15, -0.1) is 0 Å². The molecule has 4 rings (SSSR count). The van der Waals surface area contributed by atoms with E-state index in [0.29, 0.717) is 26.3 Å². The molecule has 1 aromatic carbocycles. The molecule has 0 unspecified atom stereocenters. The van der Waals surface area contributed by atoms with E-state index in [4.69, 9.17) is 15.2 Å². The van der Waals surface area contributed by atoms with Gasteiger partial charge < -0.3 is 25.2 Å². The molecule has 0 saturated carbocycles. The van der Waals surface area contributed by atoms with Crippen molar-refractivity contribution in [3.05, 3.63) is 64.2 Å². The lowest BCUT2D eigenvalue weighted by atomic mass is 10.2. The summed E-state index contributed by atoms with van der Waals surface area (Å²) in [5.74, 6) is -1.68. The van der Waals surface area contributed by atoms with Gasteiger partial charge in [-0.25, -0.2) is 9.78 Å². The Balaban J connectivity index is 1.80. The first-order chi connectivity index (χ1) is 14.0. The van der Waals surface area contributed by atoms with Crippen molar-refractivity contribution in [1.29, 1.82) is 0 Å². The summed E-state index contributed by atoms with van der Waals surface area (Å²) in [4.78, 5) is 30.9. The van der Waals surface area contributed by atoms with Crippen LogP contribution >= 0.6 is 0 Å². The number of pyridine rings is 1. The van der Waals surface area contributed by atoms with Gasteiger partial charge in [0.25, 0.3) is 0 Å². The third-order valence-corrected chi connectivity index (χ3v) is 4.70. The van der Waals surface area contributed by atoms with Gasteiger partial charge in [0.2, 0.25) is 5.75 Å². The van der Waals surface area contributed by atoms with Crippen LogP contribution < -0.4 is 20.9 Å². The number of aromatic nitrogens is 2. The zero-order valence-corrected chi connectivity index (χ0v) is 15.6. The average Bonchev–Trinajstić information content (AvgIpc) is 2.74. The normalized spacial score (nSPS) is 14.1. The van der Waals surface area contributed by atoms with Crippen LogP contribution in [0.25, 0.3) is 5.65 Å². The van der Waals surface area contributed by atoms with Crippen molar-refractivity contribution in [3.63, 3.8) is 0 Å². The number of rotatable bonds is 5. The van der Waals surface area contributed by atoms with Crippen LogP contribution in [0.1, 0.15) is 16.1 Å². The Morgan fingerprint density at radius 1 is 1.24 bits per heavy atom. The van der Waals surface area contributed by atoms with Crippen molar-refractivity contribution in [2.24, 2.45) is 0 Å². The number of nitrogens with two attached hydrogens (primary N) is 1. The molecule has 0 atom stereocenters. The zero-order valence-electron chi connectivity index (χ0n) is 15.6. The molecule has 1 aliphatic rings. The highest BCUT2D eigenvalue weighted by Crippen LogP contribution is 2.24. The van der Waals surface area contributed by atoms with Crippen molar-refractivity contribution in [2.45, 2.75) is 6.61 Å². The fourth-order valence-corrected chi connectivity index (χ4v) is 3.23. The van der Waals surface area contributed by atoms with Gasteiger partial charge in [0.1, 0.15) is 6.61 Å². The summed E-state index contributed by atoms with van der Waals surface area (Å²) in [6.45, 7) is 2.53. The van der Waals surface area contributed by atoms with E-state index in [1.807, 2.05) is 35.2 Å². The molecule has 3 aromatic rings. The van der Waals surface area contributed by atoms with Gasteiger partial charge in [-0.05, 0) is 11.6 Å². The minimum atomic E-state index is -1.36. The molecule has 3 heterocycles. The summed E-state index contributed by atoms with van der Waals surface area (Å²) in [6.07, 6.45) is 1.60. The highest BCUT2D eigenvalue weighted by atomic mass is 16.5. The number of ether oxygens (including phenoxy) is 2. The van der Waals surface area contributed by atoms with Gasteiger partial charge in [0, 0.05) is 19.3 Å². The maximum absolute atomic E-state index is 13.1. The lowest BCUT2D eigenvalue weighted by Crippen LogP contribution is -2.36. The van der Waals surface area contributed by atoms with Gasteiger partial charge in [0.15, 0.2) is 11.3 Å². The molecule has 1 saturated heterocycles. The summed E-state index contributed by atoms with van der Waals surface area (Å²) in [6, 6.07) is 10.8. The molecule has 0 spiro atoms. The van der Waals surface area contributed by atoms with E-state index in [9.17, 15) is 14.7 Å². The van der Waals surface area contributed by atoms with E-state index in [-0.39, 0.29) is 23.7 Å². The smallest absolute Gasteiger partial charge is 0.358 e. The second-order valence-electron chi connectivity index (χ2n) is 6.62. The van der Waals surface area contributed by atoms with Crippen LogP contribution in [-0.4, -0.2) is 46.8 Å². The van der Waals surface area contributed by atoms with Crippen LogP contribution in [0.15, 0.2) is 47.4 Å². The number of carboxylic acid groups (broad SMARTS) is 1. The molecular weight excluding hydrogens is 376 g/mol. The van der Waals surface area contributed by atoms with Crippen molar-refractivity contribution in [3.8, 4) is 5.75 Å². The molecule has 1 aliphatic heterocycles. The number of fused-ring (bicyclic) bond motifs is 1. The van der Waals surface area contributed by atoms with E-state index in [1.165, 1.54) is 4.40 Å². The van der Waals surface area contributed by atoms with Crippen LogP contribution in [0.3, 0.4) is 0 Å². The van der Waals surface area contributed by atoms with E-state index in [0.717, 1.165) is 11.3 Å². The third kappa shape index (κ3) is 3.72. The summed E-state index contributed by atoms with van der Waals surface area (Å²) < 4.78 is 12.2. The first-order valence-electron chi connectivity index (χ1n) is 9.13.